The third-order valence-electron chi connectivity index (χ3n) is 3.71. The van der Waals surface area contributed by atoms with Crippen molar-refractivity contribution in [2.75, 3.05) is 18.6 Å². The molecule has 0 aliphatic carbocycles. The van der Waals surface area contributed by atoms with Crippen LogP contribution in [0.4, 0.5) is 5.69 Å². The first-order valence-corrected chi connectivity index (χ1v) is 7.74. The summed E-state index contributed by atoms with van der Waals surface area (Å²) in [6.45, 7) is -0.343. The molecule has 6 heteroatoms. The first kappa shape index (κ1) is 16.4. The Morgan fingerprint density at radius 3 is 2.36 bits per heavy atom. The quantitative estimate of drug-likeness (QED) is 0.728. The summed E-state index contributed by atoms with van der Waals surface area (Å²) in [5.74, 6) is -0.938. The molecule has 1 N–H and O–H groups in total. The van der Waals surface area contributed by atoms with E-state index in [9.17, 15) is 9.59 Å². The van der Waals surface area contributed by atoms with Crippen molar-refractivity contribution in [2.45, 2.75) is 0 Å². The minimum atomic E-state index is -0.621. The van der Waals surface area contributed by atoms with Crippen molar-refractivity contribution < 1.29 is 14.3 Å². The number of carbonyl (C=O) groups excluding carboxylic acids is 2. The molecule has 0 unspecified atom stereocenters. The van der Waals surface area contributed by atoms with E-state index >= 15 is 0 Å². The first-order valence-electron chi connectivity index (χ1n) is 7.74. The molecule has 6 nitrogen and oxygen atoms in total. The van der Waals surface area contributed by atoms with Gasteiger partial charge in [0.05, 0.1) is 5.69 Å². The van der Waals surface area contributed by atoms with Gasteiger partial charge in [0.1, 0.15) is 5.69 Å². The smallest absolute Gasteiger partial charge is 0.356 e. The molecular weight excluding hydrogens is 318 g/mol. The van der Waals surface area contributed by atoms with Crippen molar-refractivity contribution >= 4 is 17.6 Å². The molecule has 25 heavy (non-hydrogen) atoms. The van der Waals surface area contributed by atoms with E-state index in [1.54, 1.807) is 25.2 Å². The number of aromatic amines is 1. The molecule has 0 aliphatic heterocycles. The lowest BCUT2D eigenvalue weighted by Gasteiger charge is -2.16. The van der Waals surface area contributed by atoms with Gasteiger partial charge in [-0.3, -0.25) is 9.89 Å². The fraction of sp³-hybridized carbons (Fsp3) is 0.105. The number of esters is 1. The van der Waals surface area contributed by atoms with E-state index in [2.05, 4.69) is 10.2 Å². The summed E-state index contributed by atoms with van der Waals surface area (Å²) >= 11 is 0. The second-order valence-corrected chi connectivity index (χ2v) is 5.40. The van der Waals surface area contributed by atoms with Gasteiger partial charge in [-0.15, -0.1) is 0 Å². The van der Waals surface area contributed by atoms with Gasteiger partial charge in [-0.1, -0.05) is 48.5 Å². The summed E-state index contributed by atoms with van der Waals surface area (Å²) in [5, 5.41) is 6.74. The predicted molar refractivity (Wildman–Crippen MR) is 94.2 cm³/mol. The number of nitrogens with zero attached hydrogens (tertiary/aromatic N) is 2. The Labute approximate surface area is 145 Å². The van der Waals surface area contributed by atoms with Crippen LogP contribution in [0.5, 0.6) is 0 Å². The Balaban J connectivity index is 1.60. The van der Waals surface area contributed by atoms with Crippen molar-refractivity contribution in [3.05, 3.63) is 72.4 Å². The summed E-state index contributed by atoms with van der Waals surface area (Å²) in [4.78, 5) is 25.7. The van der Waals surface area contributed by atoms with Gasteiger partial charge < -0.3 is 9.64 Å². The zero-order valence-electron chi connectivity index (χ0n) is 13.7. The largest absolute Gasteiger partial charge is 0.451 e. The highest BCUT2D eigenvalue weighted by Crippen LogP contribution is 2.17. The fourth-order valence-electron chi connectivity index (χ4n) is 2.28. The average Bonchev–Trinajstić information content (AvgIpc) is 3.17. The number of carbonyl (C=O) groups is 2. The molecule has 3 aromatic rings. The maximum atomic E-state index is 12.1. The standard InChI is InChI=1S/C19H17N3O3/c1-22(15-10-6-3-7-11-15)18(23)13-25-19(24)17-12-16(20-21-17)14-8-4-2-5-9-14/h2-12H,13H2,1H3,(H,20,21). The van der Waals surface area contributed by atoms with Gasteiger partial charge >= 0.3 is 5.97 Å². The van der Waals surface area contributed by atoms with Crippen LogP contribution in [0.15, 0.2) is 66.7 Å². The van der Waals surface area contributed by atoms with Crippen LogP contribution < -0.4 is 4.90 Å². The highest BCUT2D eigenvalue weighted by Gasteiger charge is 2.16. The highest BCUT2D eigenvalue weighted by atomic mass is 16.5. The number of likely N-dealkylation sites (N-methyl/N-ethyl adjacent to an activating group) is 1. The predicted octanol–water partition coefficient (Wildman–Crippen LogP) is 2.90. The number of anilines is 1. The molecule has 126 valence electrons. The summed E-state index contributed by atoms with van der Waals surface area (Å²) < 4.78 is 5.08. The van der Waals surface area contributed by atoms with E-state index in [1.165, 1.54) is 4.90 Å². The number of ether oxygens (including phenoxy) is 1. The van der Waals surface area contributed by atoms with Gasteiger partial charge in [-0.05, 0) is 18.2 Å². The molecule has 0 saturated heterocycles. The lowest BCUT2D eigenvalue weighted by molar-refractivity contribution is -0.121. The second-order valence-electron chi connectivity index (χ2n) is 5.40. The number of rotatable bonds is 5. The third-order valence-corrected chi connectivity index (χ3v) is 3.71. The molecular formula is C19H17N3O3. The highest BCUT2D eigenvalue weighted by molar-refractivity contribution is 5.96. The summed E-state index contributed by atoms with van der Waals surface area (Å²) in [6, 6.07) is 20.2. The van der Waals surface area contributed by atoms with Crippen LogP contribution in [0.25, 0.3) is 11.3 Å². The molecule has 0 atom stereocenters. The Hall–Kier alpha value is -3.41. The van der Waals surface area contributed by atoms with Crippen LogP contribution in [0.2, 0.25) is 0 Å². The van der Waals surface area contributed by atoms with E-state index in [-0.39, 0.29) is 18.2 Å². The minimum Gasteiger partial charge on any atom is -0.451 e. The SMILES string of the molecule is CN(C(=O)COC(=O)c1cc(-c2ccccc2)n[nH]1)c1ccccc1. The zero-order valence-corrected chi connectivity index (χ0v) is 13.7. The Kier molecular flexibility index (Phi) is 4.89. The lowest BCUT2D eigenvalue weighted by Crippen LogP contribution is -2.31. The number of hydrogen-bond donors (Lipinski definition) is 1. The normalized spacial score (nSPS) is 10.3. The number of hydrogen-bond acceptors (Lipinski definition) is 4. The minimum absolute atomic E-state index is 0.203. The third kappa shape index (κ3) is 3.92. The molecule has 0 aliphatic rings. The summed E-state index contributed by atoms with van der Waals surface area (Å²) in [7, 11) is 1.63. The molecule has 0 radical (unpaired) electrons. The van der Waals surface area contributed by atoms with E-state index < -0.39 is 5.97 Å². The van der Waals surface area contributed by atoms with Gasteiger partial charge in [0.15, 0.2) is 6.61 Å². The Morgan fingerprint density at radius 2 is 1.68 bits per heavy atom. The molecule has 0 saturated carbocycles. The van der Waals surface area contributed by atoms with Crippen LogP contribution in [0, 0.1) is 0 Å². The monoisotopic (exact) mass is 335 g/mol. The van der Waals surface area contributed by atoms with E-state index in [0.29, 0.717) is 5.69 Å². The average molecular weight is 335 g/mol. The molecule has 1 amide bonds. The van der Waals surface area contributed by atoms with Gasteiger partial charge in [-0.25, -0.2) is 4.79 Å². The second kappa shape index (κ2) is 7.44. The van der Waals surface area contributed by atoms with E-state index in [0.717, 1.165) is 11.3 Å². The van der Waals surface area contributed by atoms with E-state index in [4.69, 9.17) is 4.74 Å². The molecule has 2 aromatic carbocycles. The molecule has 0 bridgehead atoms. The van der Waals surface area contributed by atoms with Crippen molar-refractivity contribution in [2.24, 2.45) is 0 Å². The Bertz CT molecular complexity index is 860. The molecule has 0 spiro atoms. The number of para-hydroxylation sites is 1. The van der Waals surface area contributed by atoms with Gasteiger partial charge in [0.25, 0.3) is 5.91 Å². The zero-order chi connectivity index (χ0) is 17.6. The van der Waals surface area contributed by atoms with Crippen molar-refractivity contribution in [1.29, 1.82) is 0 Å². The van der Waals surface area contributed by atoms with Crippen LogP contribution in [0.3, 0.4) is 0 Å². The maximum Gasteiger partial charge on any atom is 0.356 e. The topological polar surface area (TPSA) is 75.3 Å². The molecule has 1 aromatic heterocycles. The summed E-state index contributed by atoms with van der Waals surface area (Å²) in [5.41, 5.74) is 2.46. The van der Waals surface area contributed by atoms with Gasteiger partial charge in [0.2, 0.25) is 0 Å². The summed E-state index contributed by atoms with van der Waals surface area (Å²) in [6.07, 6.45) is 0. The van der Waals surface area contributed by atoms with Gasteiger partial charge in [-0.2, -0.15) is 5.10 Å². The first-order chi connectivity index (χ1) is 12.1. The van der Waals surface area contributed by atoms with Crippen LogP contribution in [0.1, 0.15) is 10.5 Å². The Morgan fingerprint density at radius 1 is 1.04 bits per heavy atom. The van der Waals surface area contributed by atoms with Crippen molar-refractivity contribution in [3.8, 4) is 11.3 Å². The molecule has 3 rings (SSSR count). The van der Waals surface area contributed by atoms with Crippen molar-refractivity contribution in [1.82, 2.24) is 10.2 Å². The number of aromatic nitrogens is 2. The molecule has 0 fully saturated rings. The molecule has 1 heterocycles. The van der Waals surface area contributed by atoms with Crippen LogP contribution in [-0.4, -0.2) is 35.7 Å². The van der Waals surface area contributed by atoms with Crippen molar-refractivity contribution in [3.63, 3.8) is 0 Å². The van der Waals surface area contributed by atoms with Crippen LogP contribution >= 0.6 is 0 Å². The number of amides is 1. The van der Waals surface area contributed by atoms with Gasteiger partial charge in [0, 0.05) is 18.3 Å². The fourth-order valence-corrected chi connectivity index (χ4v) is 2.28. The lowest BCUT2D eigenvalue weighted by atomic mass is 10.1. The number of H-pyrrole nitrogens is 1. The van der Waals surface area contributed by atoms with Crippen LogP contribution in [-0.2, 0) is 9.53 Å². The maximum absolute atomic E-state index is 12.1. The number of benzene rings is 2. The number of nitrogens with one attached hydrogen (secondary N) is 1. The van der Waals surface area contributed by atoms with E-state index in [1.807, 2.05) is 48.5 Å².